The molecule has 1 saturated heterocycles. The maximum Gasteiger partial charge on any atom is 0.0558 e. The third-order valence-electron chi connectivity index (χ3n) is 3.03. The molecular formula is C11H25N3O. The maximum absolute atomic E-state index is 8.88. The normalized spacial score (nSPS) is 20.4. The van der Waals surface area contributed by atoms with Crippen LogP contribution in [0.4, 0.5) is 0 Å². The van der Waals surface area contributed by atoms with E-state index in [0.717, 1.165) is 39.1 Å². The third-order valence-corrected chi connectivity index (χ3v) is 3.03. The Morgan fingerprint density at radius 1 is 0.933 bits per heavy atom. The number of hydrogen-bond acceptors (Lipinski definition) is 4. The number of unbranched alkanes of at least 4 members (excludes halogenated alkanes) is 1. The van der Waals surface area contributed by atoms with Crippen molar-refractivity contribution in [3.8, 4) is 0 Å². The molecule has 4 nitrogen and oxygen atoms in total. The zero-order valence-electron chi connectivity index (χ0n) is 9.70. The molecule has 90 valence electrons. The quantitative estimate of drug-likeness (QED) is 0.599. The van der Waals surface area contributed by atoms with E-state index in [-0.39, 0.29) is 6.61 Å². The minimum absolute atomic E-state index is 0.285. The van der Waals surface area contributed by atoms with Gasteiger partial charge in [0.05, 0.1) is 6.61 Å². The summed E-state index contributed by atoms with van der Waals surface area (Å²) in [4.78, 5) is 4.87. The molecule has 0 unspecified atom stereocenters. The van der Waals surface area contributed by atoms with Crippen molar-refractivity contribution >= 4 is 0 Å². The van der Waals surface area contributed by atoms with Gasteiger partial charge in [-0.2, -0.15) is 0 Å². The molecule has 0 saturated carbocycles. The van der Waals surface area contributed by atoms with Gasteiger partial charge in [-0.15, -0.1) is 0 Å². The Balaban J connectivity index is 2.14. The lowest BCUT2D eigenvalue weighted by Crippen LogP contribution is -2.33. The van der Waals surface area contributed by atoms with Crippen molar-refractivity contribution in [3.05, 3.63) is 0 Å². The van der Waals surface area contributed by atoms with E-state index < -0.39 is 0 Å². The highest BCUT2D eigenvalue weighted by Crippen LogP contribution is 2.03. The van der Waals surface area contributed by atoms with E-state index >= 15 is 0 Å². The lowest BCUT2D eigenvalue weighted by Gasteiger charge is -2.20. The highest BCUT2D eigenvalue weighted by atomic mass is 16.3. The van der Waals surface area contributed by atoms with Crippen molar-refractivity contribution in [2.24, 2.45) is 5.73 Å². The Bertz CT molecular complexity index is 155. The van der Waals surface area contributed by atoms with Crippen molar-refractivity contribution in [2.45, 2.75) is 19.3 Å². The standard InChI is InChI=1S/C11H25N3O/c12-4-1-2-5-13-6-3-7-14(9-8-13)10-11-15/h15H,1-12H2. The Morgan fingerprint density at radius 2 is 1.60 bits per heavy atom. The lowest BCUT2D eigenvalue weighted by atomic mass is 10.3. The molecule has 0 atom stereocenters. The summed E-state index contributed by atoms with van der Waals surface area (Å²) in [6.07, 6.45) is 3.58. The van der Waals surface area contributed by atoms with Gasteiger partial charge in [0.25, 0.3) is 0 Å². The summed E-state index contributed by atoms with van der Waals surface area (Å²) < 4.78 is 0. The summed E-state index contributed by atoms with van der Waals surface area (Å²) in [6, 6.07) is 0. The van der Waals surface area contributed by atoms with E-state index in [4.69, 9.17) is 10.8 Å². The molecular weight excluding hydrogens is 190 g/mol. The molecule has 4 heteroatoms. The number of aliphatic hydroxyl groups is 1. The Morgan fingerprint density at radius 3 is 2.20 bits per heavy atom. The van der Waals surface area contributed by atoms with Crippen molar-refractivity contribution in [1.82, 2.24) is 9.80 Å². The molecule has 0 bridgehead atoms. The minimum Gasteiger partial charge on any atom is -0.395 e. The average Bonchev–Trinajstić information content (AvgIpc) is 2.45. The van der Waals surface area contributed by atoms with E-state index in [1.807, 2.05) is 0 Å². The van der Waals surface area contributed by atoms with E-state index in [1.165, 1.54) is 25.9 Å². The van der Waals surface area contributed by atoms with Gasteiger partial charge in [-0.3, -0.25) is 4.90 Å². The summed E-state index contributed by atoms with van der Waals surface area (Å²) in [5.41, 5.74) is 5.48. The van der Waals surface area contributed by atoms with Gasteiger partial charge in [-0.05, 0) is 45.4 Å². The van der Waals surface area contributed by atoms with Crippen molar-refractivity contribution in [1.29, 1.82) is 0 Å². The molecule has 0 aromatic rings. The van der Waals surface area contributed by atoms with Crippen molar-refractivity contribution in [2.75, 3.05) is 52.4 Å². The van der Waals surface area contributed by atoms with Crippen LogP contribution in [0.5, 0.6) is 0 Å². The fraction of sp³-hybridized carbons (Fsp3) is 1.00. The average molecular weight is 215 g/mol. The lowest BCUT2D eigenvalue weighted by molar-refractivity contribution is 0.196. The molecule has 1 rings (SSSR count). The van der Waals surface area contributed by atoms with Crippen LogP contribution in [0.1, 0.15) is 19.3 Å². The first-order valence-electron chi connectivity index (χ1n) is 6.12. The summed E-state index contributed by atoms with van der Waals surface area (Å²) in [7, 11) is 0. The fourth-order valence-electron chi connectivity index (χ4n) is 2.09. The second-order valence-electron chi connectivity index (χ2n) is 4.26. The molecule has 1 aliphatic rings. The first kappa shape index (κ1) is 12.9. The Labute approximate surface area is 93.0 Å². The van der Waals surface area contributed by atoms with Crippen LogP contribution < -0.4 is 5.73 Å². The van der Waals surface area contributed by atoms with Gasteiger partial charge in [-0.25, -0.2) is 0 Å². The third kappa shape index (κ3) is 5.47. The van der Waals surface area contributed by atoms with Crippen LogP contribution >= 0.6 is 0 Å². The van der Waals surface area contributed by atoms with Crippen LogP contribution in [-0.4, -0.2) is 67.3 Å². The second-order valence-corrected chi connectivity index (χ2v) is 4.26. The second kappa shape index (κ2) is 8.05. The molecule has 1 aliphatic heterocycles. The molecule has 0 aromatic carbocycles. The molecule has 1 fully saturated rings. The predicted molar refractivity (Wildman–Crippen MR) is 62.9 cm³/mol. The van der Waals surface area contributed by atoms with Crippen LogP contribution in [0, 0.1) is 0 Å². The Hall–Kier alpha value is -0.160. The molecule has 15 heavy (non-hydrogen) atoms. The van der Waals surface area contributed by atoms with Gasteiger partial charge >= 0.3 is 0 Å². The van der Waals surface area contributed by atoms with Crippen molar-refractivity contribution < 1.29 is 5.11 Å². The van der Waals surface area contributed by atoms with E-state index in [0.29, 0.717) is 0 Å². The van der Waals surface area contributed by atoms with Crippen LogP contribution in [0.3, 0.4) is 0 Å². The summed E-state index contributed by atoms with van der Waals surface area (Å²) in [5, 5.41) is 8.88. The largest absolute Gasteiger partial charge is 0.395 e. The van der Waals surface area contributed by atoms with Gasteiger partial charge in [0.15, 0.2) is 0 Å². The molecule has 0 radical (unpaired) electrons. The number of nitrogens with zero attached hydrogens (tertiary/aromatic N) is 2. The predicted octanol–water partition coefficient (Wildman–Crippen LogP) is -0.275. The van der Waals surface area contributed by atoms with Gasteiger partial charge in [0.2, 0.25) is 0 Å². The topological polar surface area (TPSA) is 52.7 Å². The van der Waals surface area contributed by atoms with E-state index in [2.05, 4.69) is 9.80 Å². The SMILES string of the molecule is NCCCCN1CCCN(CCO)CC1. The van der Waals surface area contributed by atoms with Crippen LogP contribution in [0.2, 0.25) is 0 Å². The zero-order valence-corrected chi connectivity index (χ0v) is 9.70. The zero-order chi connectivity index (χ0) is 10.9. The smallest absolute Gasteiger partial charge is 0.0558 e. The first-order chi connectivity index (χ1) is 7.36. The molecule has 0 amide bonds. The van der Waals surface area contributed by atoms with Crippen LogP contribution in [-0.2, 0) is 0 Å². The summed E-state index contributed by atoms with van der Waals surface area (Å²) >= 11 is 0. The number of aliphatic hydroxyl groups excluding tert-OH is 1. The van der Waals surface area contributed by atoms with Crippen LogP contribution in [0.25, 0.3) is 0 Å². The monoisotopic (exact) mass is 215 g/mol. The van der Waals surface area contributed by atoms with Gasteiger partial charge in [0, 0.05) is 19.6 Å². The number of rotatable bonds is 6. The van der Waals surface area contributed by atoms with Crippen LogP contribution in [0.15, 0.2) is 0 Å². The summed E-state index contributed by atoms with van der Waals surface area (Å²) in [6.45, 7) is 7.69. The Kier molecular flexibility index (Phi) is 6.92. The maximum atomic E-state index is 8.88. The molecule has 0 spiro atoms. The number of nitrogens with two attached hydrogens (primary N) is 1. The molecule has 0 aliphatic carbocycles. The summed E-state index contributed by atoms with van der Waals surface area (Å²) in [5.74, 6) is 0. The number of hydrogen-bond donors (Lipinski definition) is 2. The molecule has 1 heterocycles. The van der Waals surface area contributed by atoms with Crippen molar-refractivity contribution in [3.63, 3.8) is 0 Å². The van der Waals surface area contributed by atoms with E-state index in [9.17, 15) is 0 Å². The van der Waals surface area contributed by atoms with Gasteiger partial charge in [-0.1, -0.05) is 0 Å². The highest BCUT2D eigenvalue weighted by molar-refractivity contribution is 4.69. The fourth-order valence-corrected chi connectivity index (χ4v) is 2.09. The van der Waals surface area contributed by atoms with Gasteiger partial charge < -0.3 is 15.7 Å². The number of β-amino-alcohol motifs (C(OH)–C–C–N with tert-alkyl or cyclic N) is 1. The van der Waals surface area contributed by atoms with Gasteiger partial charge in [0.1, 0.15) is 0 Å². The highest BCUT2D eigenvalue weighted by Gasteiger charge is 2.13. The molecule has 0 aromatic heterocycles. The minimum atomic E-state index is 0.285. The molecule has 3 N–H and O–H groups in total. The first-order valence-corrected chi connectivity index (χ1v) is 6.12. The van der Waals surface area contributed by atoms with E-state index in [1.54, 1.807) is 0 Å².